The van der Waals surface area contributed by atoms with Crippen LogP contribution in [0.2, 0.25) is 0 Å². The molecule has 19 atom stereocenters. The highest BCUT2D eigenvalue weighted by atomic mass is 16.7. The number of carbonyl (C=O) groups excluding carboxylic acids is 1. The van der Waals surface area contributed by atoms with E-state index in [1.54, 1.807) is 6.92 Å². The molecule has 15 heteroatoms. The van der Waals surface area contributed by atoms with E-state index in [1.807, 2.05) is 0 Å². The highest BCUT2D eigenvalue weighted by molar-refractivity contribution is 5.80. The van der Waals surface area contributed by atoms with E-state index in [0.717, 1.165) is 5.57 Å². The van der Waals surface area contributed by atoms with E-state index in [2.05, 4.69) is 40.7 Å². The van der Waals surface area contributed by atoms with E-state index in [0.29, 0.717) is 51.4 Å². The number of carbonyl (C=O) groups is 2. The lowest BCUT2D eigenvalue weighted by molar-refractivity contribution is -0.308. The topological polar surface area (TPSA) is 253 Å². The van der Waals surface area contributed by atoms with Gasteiger partial charge in [-0.25, -0.2) is 0 Å². The lowest BCUT2D eigenvalue weighted by Crippen LogP contribution is -2.69. The van der Waals surface area contributed by atoms with Crippen LogP contribution in [-0.4, -0.2) is 139 Å². The van der Waals surface area contributed by atoms with Crippen LogP contribution in [-0.2, 0) is 28.5 Å². The summed E-state index contributed by atoms with van der Waals surface area (Å²) < 4.78 is 23.2. The van der Waals surface area contributed by atoms with E-state index in [-0.39, 0.29) is 30.3 Å². The zero-order valence-corrected chi connectivity index (χ0v) is 33.4. The molecular weight excluding hydrogens is 732 g/mol. The number of carboxylic acids is 1. The molecule has 7 rings (SSSR count). The van der Waals surface area contributed by atoms with Gasteiger partial charge in [-0.05, 0) is 104 Å². The number of allylic oxidation sites excluding steroid dienone is 2. The zero-order chi connectivity index (χ0) is 41.1. The van der Waals surface area contributed by atoms with Gasteiger partial charge in [0.05, 0.1) is 30.8 Å². The third-order valence-electron chi connectivity index (χ3n) is 17.0. The number of aliphatic hydroxyl groups excluding tert-OH is 8. The Morgan fingerprint density at radius 1 is 0.804 bits per heavy atom. The molecule has 4 saturated carbocycles. The van der Waals surface area contributed by atoms with Crippen LogP contribution in [0.5, 0.6) is 0 Å². The molecule has 5 aliphatic carbocycles. The van der Waals surface area contributed by atoms with Crippen molar-refractivity contribution in [3.8, 4) is 0 Å². The number of ether oxygens (including phenoxy) is 4. The molecule has 0 radical (unpaired) electrons. The fraction of sp³-hybridized carbons (Fsp3) is 0.902. The van der Waals surface area contributed by atoms with Crippen molar-refractivity contribution in [2.24, 2.45) is 50.2 Å². The van der Waals surface area contributed by atoms with Crippen molar-refractivity contribution in [2.75, 3.05) is 13.2 Å². The van der Waals surface area contributed by atoms with Gasteiger partial charge in [0.15, 0.2) is 6.29 Å². The van der Waals surface area contributed by atoms with Gasteiger partial charge < -0.3 is 64.9 Å². The van der Waals surface area contributed by atoms with Crippen LogP contribution in [0.4, 0.5) is 0 Å². The molecule has 0 aromatic heterocycles. The van der Waals surface area contributed by atoms with Crippen LogP contribution in [0.1, 0.15) is 99.3 Å². The average Bonchev–Trinajstić information content (AvgIpc) is 3.13. The van der Waals surface area contributed by atoms with Gasteiger partial charge in [-0.2, -0.15) is 0 Å². The second kappa shape index (κ2) is 14.2. The number of hydrogen-bond donors (Lipinski definition) is 9. The molecule has 318 valence electrons. The number of fused-ring (bicyclic) bond motifs is 7. The molecule has 19 unspecified atom stereocenters. The number of aliphatic carboxylic acids is 1. The van der Waals surface area contributed by atoms with E-state index >= 15 is 0 Å². The van der Waals surface area contributed by atoms with Crippen LogP contribution in [0.25, 0.3) is 0 Å². The standard InChI is InChI=1S/C41H64O15/c1-36(2)13-14-41(35(52)56-33-31(49)29(47)28(46)22(17-42)54-33)20(15-36)19-7-8-23-37(3)11-10-26(55-32-30(48)27(45)21(43)18-53-32)40(6,34(50)51)24(37)9-12-38(23,4)39(19,5)16-25(41)44/h7,20-33,42-49H,8-18H2,1-6H3,(H,50,51). The molecule has 0 aromatic carbocycles. The minimum absolute atomic E-state index is 0.00650. The summed E-state index contributed by atoms with van der Waals surface area (Å²) >= 11 is 0. The third-order valence-corrected chi connectivity index (χ3v) is 17.0. The highest BCUT2D eigenvalue weighted by Crippen LogP contribution is 2.76. The molecule has 0 spiro atoms. The first-order valence-corrected chi connectivity index (χ1v) is 20.5. The molecule has 56 heavy (non-hydrogen) atoms. The first-order chi connectivity index (χ1) is 26.0. The Bertz CT molecular complexity index is 1570. The molecule has 0 bridgehead atoms. The second-order valence-corrected chi connectivity index (χ2v) is 20.1. The van der Waals surface area contributed by atoms with Crippen molar-refractivity contribution in [3.63, 3.8) is 0 Å². The Balaban J connectivity index is 1.21. The van der Waals surface area contributed by atoms with Gasteiger partial charge >= 0.3 is 11.9 Å². The lowest BCUT2D eigenvalue weighted by Gasteiger charge is -2.71. The molecule has 0 amide bonds. The minimum atomic E-state index is -1.78. The van der Waals surface area contributed by atoms with Crippen LogP contribution < -0.4 is 0 Å². The summed E-state index contributed by atoms with van der Waals surface area (Å²) in [5, 5.41) is 95.7. The molecule has 7 aliphatic rings. The van der Waals surface area contributed by atoms with Gasteiger partial charge in [-0.1, -0.05) is 46.3 Å². The van der Waals surface area contributed by atoms with Crippen molar-refractivity contribution in [2.45, 2.75) is 167 Å². The van der Waals surface area contributed by atoms with Crippen molar-refractivity contribution >= 4 is 11.9 Å². The smallest absolute Gasteiger partial charge is 0.317 e. The summed E-state index contributed by atoms with van der Waals surface area (Å²) in [6, 6.07) is 0. The van der Waals surface area contributed by atoms with Crippen LogP contribution in [0.3, 0.4) is 0 Å². The van der Waals surface area contributed by atoms with Crippen LogP contribution in [0, 0.1) is 50.2 Å². The van der Waals surface area contributed by atoms with Gasteiger partial charge in [0.25, 0.3) is 0 Å². The van der Waals surface area contributed by atoms with Crippen LogP contribution in [0.15, 0.2) is 11.6 Å². The van der Waals surface area contributed by atoms with E-state index < -0.39 is 119 Å². The van der Waals surface area contributed by atoms with Gasteiger partial charge in [0, 0.05) is 0 Å². The highest BCUT2D eigenvalue weighted by Gasteiger charge is 2.73. The maximum Gasteiger partial charge on any atom is 0.317 e. The third kappa shape index (κ3) is 5.92. The van der Waals surface area contributed by atoms with Gasteiger partial charge in [0.1, 0.15) is 48.1 Å². The van der Waals surface area contributed by atoms with Crippen molar-refractivity contribution < 1.29 is 74.5 Å². The molecule has 9 N–H and O–H groups in total. The Labute approximate surface area is 328 Å². The normalized spacial score (nSPS) is 54.0. The molecule has 0 aromatic rings. The van der Waals surface area contributed by atoms with Gasteiger partial charge in [-0.3, -0.25) is 9.59 Å². The first kappa shape index (κ1) is 42.4. The fourth-order valence-corrected chi connectivity index (χ4v) is 13.3. The summed E-state index contributed by atoms with van der Waals surface area (Å²) in [5.74, 6) is -2.57. The molecule has 2 heterocycles. The molecule has 2 aliphatic heterocycles. The lowest BCUT2D eigenvalue weighted by atomic mass is 9.33. The SMILES string of the molecule is CC1(C)CCC2(C(=O)OC3OC(CO)C(O)C(O)C3O)C(O)CC3(C)C(=CCC4C5(C)CCC(OC6OCC(O)C(O)C6O)C(C)(C(=O)O)C5CCC43C)C2C1. The van der Waals surface area contributed by atoms with Gasteiger partial charge in [0.2, 0.25) is 6.29 Å². The summed E-state index contributed by atoms with van der Waals surface area (Å²) in [7, 11) is 0. The average molecular weight is 797 g/mol. The van der Waals surface area contributed by atoms with E-state index in [1.165, 1.54) is 0 Å². The largest absolute Gasteiger partial charge is 0.481 e. The Kier molecular flexibility index (Phi) is 10.7. The molecule has 15 nitrogen and oxygen atoms in total. The monoisotopic (exact) mass is 796 g/mol. The summed E-state index contributed by atoms with van der Waals surface area (Å²) in [5.41, 5.74) is -3.40. The van der Waals surface area contributed by atoms with Crippen LogP contribution >= 0.6 is 0 Å². The Morgan fingerprint density at radius 2 is 1.48 bits per heavy atom. The summed E-state index contributed by atoms with van der Waals surface area (Å²) in [4.78, 5) is 28.0. The second-order valence-electron chi connectivity index (χ2n) is 20.1. The summed E-state index contributed by atoms with van der Waals surface area (Å²) in [6.45, 7) is 11.7. The minimum Gasteiger partial charge on any atom is -0.481 e. The predicted octanol–water partition coefficient (Wildman–Crippen LogP) is 0.991. The maximum atomic E-state index is 14.6. The van der Waals surface area contributed by atoms with Crippen molar-refractivity contribution in [1.29, 1.82) is 0 Å². The molecule has 2 saturated heterocycles. The quantitative estimate of drug-likeness (QED) is 0.103. The zero-order valence-electron chi connectivity index (χ0n) is 33.4. The number of hydrogen-bond acceptors (Lipinski definition) is 14. The van der Waals surface area contributed by atoms with Gasteiger partial charge in [-0.15, -0.1) is 0 Å². The predicted molar refractivity (Wildman–Crippen MR) is 195 cm³/mol. The van der Waals surface area contributed by atoms with E-state index in [9.17, 15) is 55.5 Å². The van der Waals surface area contributed by atoms with Crippen molar-refractivity contribution in [3.05, 3.63) is 11.6 Å². The first-order valence-electron chi connectivity index (χ1n) is 20.5. The number of rotatable bonds is 6. The van der Waals surface area contributed by atoms with E-state index in [4.69, 9.17) is 18.9 Å². The molecule has 6 fully saturated rings. The number of esters is 1. The number of aliphatic hydroxyl groups is 8. The Hall–Kier alpha value is -1.76. The Morgan fingerprint density at radius 3 is 2.14 bits per heavy atom. The van der Waals surface area contributed by atoms with Crippen molar-refractivity contribution in [1.82, 2.24) is 0 Å². The number of carboxylic acid groups (broad SMARTS) is 1. The fourth-order valence-electron chi connectivity index (χ4n) is 13.3. The maximum absolute atomic E-state index is 14.6. The summed E-state index contributed by atoms with van der Waals surface area (Å²) in [6.07, 6.45) is -8.96. The molecular formula is C41H64O15.